The number of rotatable bonds is 10. The van der Waals surface area contributed by atoms with Gasteiger partial charge in [-0.25, -0.2) is 0 Å². The molecule has 1 unspecified atom stereocenters. The van der Waals surface area contributed by atoms with Crippen LogP contribution in [0.2, 0.25) is 0 Å². The van der Waals surface area contributed by atoms with E-state index >= 15 is 0 Å². The Morgan fingerprint density at radius 2 is 0.971 bits per heavy atom. The molecule has 12 atom stereocenters. The van der Waals surface area contributed by atoms with Crippen LogP contribution in [0.1, 0.15) is 0 Å². The van der Waals surface area contributed by atoms with Crippen molar-refractivity contribution in [2.75, 3.05) is 39.6 Å². The maximum Gasteiger partial charge on any atom is 0.221 e. The van der Waals surface area contributed by atoms with Crippen LogP contribution in [0, 0.1) is 0 Å². The molecule has 0 spiro atoms. The first-order valence-corrected chi connectivity index (χ1v) is 10.5. The van der Waals surface area contributed by atoms with Crippen LogP contribution in [0.25, 0.3) is 0 Å². The summed E-state index contributed by atoms with van der Waals surface area (Å²) < 4.78 is 26.4. The zero-order valence-electron chi connectivity index (χ0n) is 17.9. The minimum absolute atomic E-state index is 0.655. The first-order chi connectivity index (χ1) is 15.9. The highest BCUT2D eigenvalue weighted by atomic mass is 16.8. The lowest BCUT2D eigenvalue weighted by Gasteiger charge is -2.33. The second kappa shape index (κ2) is 10.4. The van der Waals surface area contributed by atoms with Gasteiger partial charge >= 0.3 is 0 Å². The molecule has 3 fully saturated rings. The van der Waals surface area contributed by atoms with Gasteiger partial charge in [0.2, 0.25) is 17.4 Å². The molecule has 0 amide bonds. The van der Waals surface area contributed by atoms with Gasteiger partial charge in [-0.2, -0.15) is 0 Å². The van der Waals surface area contributed by atoms with Crippen LogP contribution >= 0.6 is 0 Å². The van der Waals surface area contributed by atoms with E-state index in [1.807, 2.05) is 0 Å². The highest BCUT2D eigenvalue weighted by molar-refractivity contribution is 5.01. The van der Waals surface area contributed by atoms with Crippen molar-refractivity contribution in [1.82, 2.24) is 0 Å². The van der Waals surface area contributed by atoms with Crippen molar-refractivity contribution < 1.29 is 79.9 Å². The second-order valence-corrected chi connectivity index (χ2v) is 8.52. The molecule has 34 heavy (non-hydrogen) atoms. The summed E-state index contributed by atoms with van der Waals surface area (Å²) in [6, 6.07) is 0. The quantitative estimate of drug-likeness (QED) is 0.132. The summed E-state index contributed by atoms with van der Waals surface area (Å²) in [5, 5.41) is 109. The summed E-state index contributed by atoms with van der Waals surface area (Å²) in [5.41, 5.74) is 0. The molecule has 0 bridgehead atoms. The standard InChI is InChI=1S/C18H32O16/c19-1-7-10(23)14(27)17(5-21,33-7)31-3-9-12(25)15(28)18(6-22,34-9)30-2-8-11(24)13(26)16(29,4-20)32-8/h7-15,19-29H,1-6H2/t7-,8-,9-,10-,11-,12?,13+,14+,15-,16-,17-,18-/m1/s1. The number of ether oxygens (including phenoxy) is 5. The van der Waals surface area contributed by atoms with Gasteiger partial charge in [0, 0.05) is 0 Å². The summed E-state index contributed by atoms with van der Waals surface area (Å²) in [4.78, 5) is 0. The first-order valence-electron chi connectivity index (χ1n) is 10.5. The molecule has 0 aromatic heterocycles. The normalized spacial score (nSPS) is 51.4. The van der Waals surface area contributed by atoms with Crippen molar-refractivity contribution in [2.45, 2.75) is 72.3 Å². The molecular formula is C18H32O16. The monoisotopic (exact) mass is 504 g/mol. The zero-order valence-corrected chi connectivity index (χ0v) is 17.9. The highest BCUT2D eigenvalue weighted by Crippen LogP contribution is 2.37. The first kappa shape index (κ1) is 27.9. The molecule has 16 nitrogen and oxygen atoms in total. The zero-order chi connectivity index (χ0) is 25.5. The smallest absolute Gasteiger partial charge is 0.221 e. The Hall–Kier alpha value is -0.640. The largest absolute Gasteiger partial charge is 0.394 e. The van der Waals surface area contributed by atoms with Crippen molar-refractivity contribution in [1.29, 1.82) is 0 Å². The Labute approximate surface area is 192 Å². The van der Waals surface area contributed by atoms with Gasteiger partial charge in [0.25, 0.3) is 0 Å². The van der Waals surface area contributed by atoms with Gasteiger partial charge in [-0.05, 0) is 0 Å². The van der Waals surface area contributed by atoms with Gasteiger partial charge < -0.3 is 79.9 Å². The molecule has 3 aliphatic heterocycles. The fourth-order valence-corrected chi connectivity index (χ4v) is 4.17. The number of hydrogen-bond acceptors (Lipinski definition) is 16. The predicted molar refractivity (Wildman–Crippen MR) is 101 cm³/mol. The summed E-state index contributed by atoms with van der Waals surface area (Å²) in [5.74, 6) is -6.93. The summed E-state index contributed by atoms with van der Waals surface area (Å²) in [6.07, 6.45) is -14.7. The van der Waals surface area contributed by atoms with E-state index in [9.17, 15) is 51.1 Å². The maximum absolute atomic E-state index is 10.4. The fraction of sp³-hybridized carbons (Fsp3) is 1.00. The Morgan fingerprint density at radius 3 is 1.35 bits per heavy atom. The molecule has 3 heterocycles. The Morgan fingerprint density at radius 1 is 0.559 bits per heavy atom. The molecule has 3 aliphatic rings. The Bertz CT molecular complexity index is 684. The van der Waals surface area contributed by atoms with E-state index in [-0.39, 0.29) is 0 Å². The molecule has 3 saturated heterocycles. The van der Waals surface area contributed by atoms with Gasteiger partial charge in [-0.3, -0.25) is 0 Å². The molecule has 0 aromatic rings. The van der Waals surface area contributed by atoms with E-state index in [0.717, 1.165) is 0 Å². The van der Waals surface area contributed by atoms with Crippen LogP contribution in [0.4, 0.5) is 0 Å². The van der Waals surface area contributed by atoms with Gasteiger partial charge in [0.15, 0.2) is 0 Å². The topological polar surface area (TPSA) is 269 Å². The van der Waals surface area contributed by atoms with E-state index in [0.29, 0.717) is 0 Å². The van der Waals surface area contributed by atoms with Gasteiger partial charge in [-0.1, -0.05) is 0 Å². The average Bonchev–Trinajstić information content (AvgIpc) is 3.33. The van der Waals surface area contributed by atoms with Gasteiger partial charge in [0.1, 0.15) is 68.1 Å². The average molecular weight is 504 g/mol. The van der Waals surface area contributed by atoms with E-state index < -0.39 is 112 Å². The lowest BCUT2D eigenvalue weighted by Crippen LogP contribution is -2.50. The third-order valence-corrected chi connectivity index (χ3v) is 6.36. The van der Waals surface area contributed by atoms with Crippen molar-refractivity contribution in [2.24, 2.45) is 0 Å². The van der Waals surface area contributed by atoms with Crippen LogP contribution < -0.4 is 0 Å². The minimum Gasteiger partial charge on any atom is -0.394 e. The highest BCUT2D eigenvalue weighted by Gasteiger charge is 2.60. The number of aliphatic hydroxyl groups excluding tert-OH is 10. The van der Waals surface area contributed by atoms with E-state index in [4.69, 9.17) is 28.8 Å². The van der Waals surface area contributed by atoms with Gasteiger partial charge in [-0.15, -0.1) is 0 Å². The lowest BCUT2D eigenvalue weighted by molar-refractivity contribution is -0.311. The molecule has 0 aromatic carbocycles. The van der Waals surface area contributed by atoms with Crippen molar-refractivity contribution >= 4 is 0 Å². The van der Waals surface area contributed by atoms with Gasteiger partial charge in [0.05, 0.1) is 26.4 Å². The number of aliphatic hydroxyl groups is 11. The van der Waals surface area contributed by atoms with Crippen molar-refractivity contribution in [3.8, 4) is 0 Å². The molecule has 0 saturated carbocycles. The SMILES string of the molecule is OC[C@H]1O[C@@](CO)(OC[C@H]2O[C@@](CO)(OC[C@H]3O[C@](O)(CO)[C@@H](O)[C@@H]3O)[C@H](O)C2O)[C@@H](O)[C@@H]1O. The second-order valence-electron chi connectivity index (χ2n) is 8.52. The molecule has 0 aliphatic carbocycles. The Kier molecular flexibility index (Phi) is 8.53. The maximum atomic E-state index is 10.4. The lowest BCUT2D eigenvalue weighted by atomic mass is 10.0. The van der Waals surface area contributed by atoms with Crippen LogP contribution in [-0.4, -0.2) is 168 Å². The van der Waals surface area contributed by atoms with Crippen LogP contribution in [0.5, 0.6) is 0 Å². The third kappa shape index (κ3) is 4.59. The molecule has 16 heteroatoms. The van der Waals surface area contributed by atoms with Crippen LogP contribution in [0.3, 0.4) is 0 Å². The molecule has 3 rings (SSSR count). The molecule has 200 valence electrons. The summed E-state index contributed by atoms with van der Waals surface area (Å²) >= 11 is 0. The van der Waals surface area contributed by atoms with Crippen LogP contribution in [0.15, 0.2) is 0 Å². The minimum atomic E-state index is -2.47. The third-order valence-electron chi connectivity index (χ3n) is 6.36. The van der Waals surface area contributed by atoms with E-state index in [1.54, 1.807) is 0 Å². The molecule has 0 radical (unpaired) electrons. The summed E-state index contributed by atoms with van der Waals surface area (Å²) in [6.45, 7) is -5.05. The molecular weight excluding hydrogens is 472 g/mol. The van der Waals surface area contributed by atoms with E-state index in [2.05, 4.69) is 0 Å². The summed E-state index contributed by atoms with van der Waals surface area (Å²) in [7, 11) is 0. The Balaban J connectivity index is 1.65. The van der Waals surface area contributed by atoms with Crippen LogP contribution in [-0.2, 0) is 23.7 Å². The predicted octanol–water partition coefficient (Wildman–Crippen LogP) is -7.57. The fourth-order valence-electron chi connectivity index (χ4n) is 4.17. The van der Waals surface area contributed by atoms with Crippen molar-refractivity contribution in [3.63, 3.8) is 0 Å². The number of hydrogen-bond donors (Lipinski definition) is 11. The van der Waals surface area contributed by atoms with E-state index in [1.165, 1.54) is 0 Å². The molecule has 11 N–H and O–H groups in total. The van der Waals surface area contributed by atoms with Crippen molar-refractivity contribution in [3.05, 3.63) is 0 Å².